The van der Waals surface area contributed by atoms with Gasteiger partial charge in [-0.1, -0.05) is 19.8 Å². The van der Waals surface area contributed by atoms with E-state index in [1.165, 1.54) is 6.42 Å². The fraction of sp³-hybridized carbons (Fsp3) is 0.706. The minimum absolute atomic E-state index is 0.0882. The van der Waals surface area contributed by atoms with E-state index in [2.05, 4.69) is 11.9 Å². The average molecular weight is 293 g/mol. The van der Waals surface area contributed by atoms with Crippen LogP contribution in [0.5, 0.6) is 5.75 Å². The maximum absolute atomic E-state index is 10.9. The maximum atomic E-state index is 10.9. The van der Waals surface area contributed by atoms with Crippen LogP contribution in [0, 0.1) is 5.92 Å². The zero-order valence-electron chi connectivity index (χ0n) is 13.5. The normalized spacial score (nSPS) is 27.6. The Labute approximate surface area is 127 Å². The Bertz CT molecular complexity index is 463. The third kappa shape index (κ3) is 3.74. The molecule has 1 aliphatic carbocycles. The minimum Gasteiger partial charge on any atom is -0.489 e. The van der Waals surface area contributed by atoms with E-state index in [4.69, 9.17) is 9.47 Å². The summed E-state index contributed by atoms with van der Waals surface area (Å²) in [4.78, 5) is 4.20. The standard InChI is InChI=1S/C17H27NO3/c1-12(2)21-15-8-14(10-18-11-15)16(19)17(20-4)7-5-6-13(3)9-17/h8,10-13,16,19H,5-7,9H2,1-4H3. The van der Waals surface area contributed by atoms with Crippen LogP contribution in [0.1, 0.15) is 58.1 Å². The Morgan fingerprint density at radius 2 is 2.14 bits per heavy atom. The molecule has 1 aliphatic rings. The van der Waals surface area contributed by atoms with Crippen LogP contribution in [-0.2, 0) is 4.74 Å². The van der Waals surface area contributed by atoms with Crippen LogP contribution in [0.4, 0.5) is 0 Å². The number of aliphatic hydroxyl groups excluding tert-OH is 1. The quantitative estimate of drug-likeness (QED) is 0.902. The third-order valence-corrected chi connectivity index (χ3v) is 4.32. The summed E-state index contributed by atoms with van der Waals surface area (Å²) in [5, 5.41) is 10.9. The van der Waals surface area contributed by atoms with E-state index < -0.39 is 11.7 Å². The molecule has 0 radical (unpaired) electrons. The predicted molar refractivity (Wildman–Crippen MR) is 82.3 cm³/mol. The molecule has 0 amide bonds. The third-order valence-electron chi connectivity index (χ3n) is 4.32. The molecule has 1 heterocycles. The van der Waals surface area contributed by atoms with Gasteiger partial charge in [-0.15, -0.1) is 0 Å². The number of hydrogen-bond acceptors (Lipinski definition) is 4. The Morgan fingerprint density at radius 1 is 1.38 bits per heavy atom. The second-order valence-electron chi connectivity index (χ2n) is 6.49. The van der Waals surface area contributed by atoms with E-state index in [0.29, 0.717) is 11.7 Å². The number of ether oxygens (including phenoxy) is 2. The summed E-state index contributed by atoms with van der Waals surface area (Å²) in [6.07, 6.45) is 6.84. The molecule has 1 aromatic heterocycles. The number of pyridine rings is 1. The lowest BCUT2D eigenvalue weighted by molar-refractivity contribution is -0.134. The van der Waals surface area contributed by atoms with Gasteiger partial charge in [0, 0.05) is 18.9 Å². The van der Waals surface area contributed by atoms with Crippen LogP contribution in [0.15, 0.2) is 18.5 Å². The Balaban J connectivity index is 2.22. The summed E-state index contributed by atoms with van der Waals surface area (Å²) in [5.41, 5.74) is 0.264. The van der Waals surface area contributed by atoms with Crippen molar-refractivity contribution in [2.75, 3.05) is 7.11 Å². The van der Waals surface area contributed by atoms with E-state index in [1.54, 1.807) is 19.5 Å². The van der Waals surface area contributed by atoms with Crippen LogP contribution in [0.2, 0.25) is 0 Å². The van der Waals surface area contributed by atoms with Gasteiger partial charge in [-0.05, 0) is 38.7 Å². The minimum atomic E-state index is -0.673. The highest BCUT2D eigenvalue weighted by atomic mass is 16.5. The first kappa shape index (κ1) is 16.2. The lowest BCUT2D eigenvalue weighted by Gasteiger charge is -2.42. The van der Waals surface area contributed by atoms with E-state index in [-0.39, 0.29) is 6.10 Å². The Hall–Kier alpha value is -1.13. The van der Waals surface area contributed by atoms with Gasteiger partial charge in [0.15, 0.2) is 0 Å². The van der Waals surface area contributed by atoms with Gasteiger partial charge in [0.05, 0.1) is 17.9 Å². The summed E-state index contributed by atoms with van der Waals surface area (Å²) in [6, 6.07) is 1.87. The zero-order chi connectivity index (χ0) is 15.5. The van der Waals surface area contributed by atoms with Gasteiger partial charge in [0.1, 0.15) is 11.9 Å². The van der Waals surface area contributed by atoms with Crippen molar-refractivity contribution < 1.29 is 14.6 Å². The summed E-state index contributed by atoms with van der Waals surface area (Å²) in [7, 11) is 1.70. The van der Waals surface area contributed by atoms with Crippen molar-refractivity contribution in [2.45, 2.75) is 64.3 Å². The highest BCUT2D eigenvalue weighted by molar-refractivity contribution is 5.27. The monoisotopic (exact) mass is 293 g/mol. The van der Waals surface area contributed by atoms with Crippen molar-refractivity contribution in [1.82, 2.24) is 4.98 Å². The lowest BCUT2D eigenvalue weighted by atomic mass is 9.74. The summed E-state index contributed by atoms with van der Waals surface area (Å²) >= 11 is 0. The molecule has 1 saturated carbocycles. The smallest absolute Gasteiger partial charge is 0.138 e. The van der Waals surface area contributed by atoms with Gasteiger partial charge in [0.2, 0.25) is 0 Å². The largest absolute Gasteiger partial charge is 0.489 e. The van der Waals surface area contributed by atoms with Gasteiger partial charge in [-0.25, -0.2) is 0 Å². The van der Waals surface area contributed by atoms with Gasteiger partial charge < -0.3 is 14.6 Å². The van der Waals surface area contributed by atoms with Crippen LogP contribution < -0.4 is 4.74 Å². The average Bonchev–Trinajstić information content (AvgIpc) is 2.46. The highest BCUT2D eigenvalue weighted by Gasteiger charge is 2.42. The van der Waals surface area contributed by atoms with Crippen molar-refractivity contribution in [3.63, 3.8) is 0 Å². The van der Waals surface area contributed by atoms with E-state index in [0.717, 1.165) is 24.8 Å². The van der Waals surface area contributed by atoms with Crippen molar-refractivity contribution in [3.05, 3.63) is 24.0 Å². The number of nitrogens with zero attached hydrogens (tertiary/aromatic N) is 1. The molecule has 1 aromatic rings. The van der Waals surface area contributed by atoms with Crippen LogP contribution in [0.3, 0.4) is 0 Å². The molecule has 2 rings (SSSR count). The molecule has 0 saturated heterocycles. The number of aliphatic hydroxyl groups is 1. The topological polar surface area (TPSA) is 51.6 Å². The first-order valence-corrected chi connectivity index (χ1v) is 7.81. The van der Waals surface area contributed by atoms with Gasteiger partial charge in [0.25, 0.3) is 0 Å². The molecule has 1 fully saturated rings. The molecule has 0 spiro atoms. The Morgan fingerprint density at radius 3 is 2.76 bits per heavy atom. The molecule has 1 N–H and O–H groups in total. The van der Waals surface area contributed by atoms with Crippen molar-refractivity contribution in [3.8, 4) is 5.75 Å². The van der Waals surface area contributed by atoms with E-state index in [9.17, 15) is 5.11 Å². The molecule has 3 unspecified atom stereocenters. The molecule has 21 heavy (non-hydrogen) atoms. The molecule has 3 atom stereocenters. The molecule has 0 bridgehead atoms. The number of aromatic nitrogens is 1. The second-order valence-corrected chi connectivity index (χ2v) is 6.49. The highest BCUT2D eigenvalue weighted by Crippen LogP contribution is 2.43. The number of hydrogen-bond donors (Lipinski definition) is 1. The van der Waals surface area contributed by atoms with Gasteiger partial charge in [-0.2, -0.15) is 0 Å². The molecular weight excluding hydrogens is 266 g/mol. The first-order chi connectivity index (χ1) is 9.97. The number of methoxy groups -OCH3 is 1. The molecule has 0 aliphatic heterocycles. The first-order valence-electron chi connectivity index (χ1n) is 7.81. The molecule has 4 heteroatoms. The van der Waals surface area contributed by atoms with Gasteiger partial charge in [-0.3, -0.25) is 4.98 Å². The molecule has 0 aromatic carbocycles. The molecule has 4 nitrogen and oxygen atoms in total. The second kappa shape index (κ2) is 6.75. The summed E-state index contributed by atoms with van der Waals surface area (Å²) < 4.78 is 11.4. The van der Waals surface area contributed by atoms with Gasteiger partial charge >= 0.3 is 0 Å². The van der Waals surface area contributed by atoms with Crippen LogP contribution >= 0.6 is 0 Å². The molecular formula is C17H27NO3. The van der Waals surface area contributed by atoms with Crippen LogP contribution in [0.25, 0.3) is 0 Å². The van der Waals surface area contributed by atoms with Crippen molar-refractivity contribution in [1.29, 1.82) is 0 Å². The maximum Gasteiger partial charge on any atom is 0.138 e. The zero-order valence-corrected chi connectivity index (χ0v) is 13.5. The molecule has 118 valence electrons. The number of rotatable bonds is 5. The summed E-state index contributed by atoms with van der Waals surface area (Å²) in [5.74, 6) is 1.26. The van der Waals surface area contributed by atoms with E-state index in [1.807, 2.05) is 19.9 Å². The predicted octanol–water partition coefficient (Wildman–Crippen LogP) is 3.50. The van der Waals surface area contributed by atoms with Crippen LogP contribution in [-0.4, -0.2) is 28.9 Å². The fourth-order valence-electron chi connectivity index (χ4n) is 3.31. The summed E-state index contributed by atoms with van der Waals surface area (Å²) in [6.45, 7) is 6.17. The van der Waals surface area contributed by atoms with Crippen molar-refractivity contribution >= 4 is 0 Å². The van der Waals surface area contributed by atoms with E-state index >= 15 is 0 Å². The lowest BCUT2D eigenvalue weighted by Crippen LogP contribution is -2.42. The fourth-order valence-corrected chi connectivity index (χ4v) is 3.31. The Kier molecular flexibility index (Phi) is 5.22. The van der Waals surface area contributed by atoms with Crippen molar-refractivity contribution in [2.24, 2.45) is 5.92 Å². The SMILES string of the molecule is COC1(C(O)c2cncc(OC(C)C)c2)CCCC(C)C1.